The normalized spacial score (nSPS) is 10.8. The molecule has 0 saturated carbocycles. The molecule has 0 spiro atoms. The van der Waals surface area contributed by atoms with Crippen LogP contribution in [0.4, 0.5) is 5.82 Å². The molecule has 0 saturated heterocycles. The summed E-state index contributed by atoms with van der Waals surface area (Å²) in [5.74, 6) is 0.554. The summed E-state index contributed by atoms with van der Waals surface area (Å²) in [5, 5.41) is 5.04. The third-order valence-electron chi connectivity index (χ3n) is 1.96. The van der Waals surface area contributed by atoms with Crippen LogP contribution in [0.15, 0.2) is 12.3 Å². The van der Waals surface area contributed by atoms with Crippen LogP contribution in [0.5, 0.6) is 0 Å². The molecular weight excluding hydrogens is 152 g/mol. The second kappa shape index (κ2) is 2.20. The lowest BCUT2D eigenvalue weighted by molar-refractivity contribution is 0.791. The van der Waals surface area contributed by atoms with Gasteiger partial charge in [-0.25, -0.2) is 9.67 Å². The third kappa shape index (κ3) is 0.777. The summed E-state index contributed by atoms with van der Waals surface area (Å²) in [6.07, 6.45) is 1.76. The van der Waals surface area contributed by atoms with Gasteiger partial charge in [-0.1, -0.05) is 0 Å². The largest absolute Gasteiger partial charge is 0.382 e. The van der Waals surface area contributed by atoms with Crippen LogP contribution >= 0.6 is 0 Å². The Labute approximate surface area is 70.0 Å². The maximum absolute atomic E-state index is 5.71. The quantitative estimate of drug-likeness (QED) is 0.625. The molecule has 2 aromatic heterocycles. The Morgan fingerprint density at radius 3 is 2.92 bits per heavy atom. The predicted octanol–water partition coefficient (Wildman–Crippen LogP) is 0.859. The van der Waals surface area contributed by atoms with Crippen LogP contribution in [0, 0.1) is 6.92 Å². The van der Waals surface area contributed by atoms with Gasteiger partial charge in [-0.2, -0.15) is 5.10 Å². The molecule has 0 bridgehead atoms. The van der Waals surface area contributed by atoms with E-state index in [1.165, 1.54) is 0 Å². The van der Waals surface area contributed by atoms with Crippen LogP contribution in [-0.4, -0.2) is 14.8 Å². The molecule has 2 aromatic rings. The molecule has 0 unspecified atom stereocenters. The molecule has 2 rings (SSSR count). The molecule has 0 fully saturated rings. The van der Waals surface area contributed by atoms with Crippen LogP contribution in [0.2, 0.25) is 0 Å². The van der Waals surface area contributed by atoms with Crippen molar-refractivity contribution in [3.8, 4) is 0 Å². The van der Waals surface area contributed by atoms with Gasteiger partial charge in [0.05, 0.1) is 5.39 Å². The predicted molar refractivity (Wildman–Crippen MR) is 47.7 cm³/mol. The molecule has 2 N–H and O–H groups in total. The summed E-state index contributed by atoms with van der Waals surface area (Å²) in [6.45, 7) is 2.00. The first kappa shape index (κ1) is 7.09. The Kier molecular flexibility index (Phi) is 1.30. The number of hydrogen-bond donors (Lipinski definition) is 1. The highest BCUT2D eigenvalue weighted by atomic mass is 15.3. The average molecular weight is 162 g/mol. The van der Waals surface area contributed by atoms with Crippen LogP contribution in [0.3, 0.4) is 0 Å². The zero-order chi connectivity index (χ0) is 8.72. The van der Waals surface area contributed by atoms with E-state index in [9.17, 15) is 0 Å². The summed E-state index contributed by atoms with van der Waals surface area (Å²) < 4.78 is 1.69. The van der Waals surface area contributed by atoms with Gasteiger partial charge in [0.15, 0.2) is 11.5 Å². The Hall–Kier alpha value is -1.58. The van der Waals surface area contributed by atoms with Gasteiger partial charge in [0.2, 0.25) is 0 Å². The number of rotatable bonds is 0. The fourth-order valence-electron chi connectivity index (χ4n) is 1.36. The van der Waals surface area contributed by atoms with Gasteiger partial charge in [-0.05, 0) is 18.6 Å². The molecule has 0 aliphatic heterocycles. The van der Waals surface area contributed by atoms with E-state index in [1.807, 2.05) is 20.0 Å². The lowest BCUT2D eigenvalue weighted by Crippen LogP contribution is -1.92. The molecule has 62 valence electrons. The van der Waals surface area contributed by atoms with Crippen LogP contribution in [0.25, 0.3) is 11.0 Å². The van der Waals surface area contributed by atoms with Gasteiger partial charge < -0.3 is 5.73 Å². The van der Waals surface area contributed by atoms with E-state index in [2.05, 4.69) is 10.1 Å². The third-order valence-corrected chi connectivity index (χ3v) is 1.96. The summed E-state index contributed by atoms with van der Waals surface area (Å²) >= 11 is 0. The van der Waals surface area contributed by atoms with Crippen LogP contribution in [0.1, 0.15) is 5.56 Å². The summed E-state index contributed by atoms with van der Waals surface area (Å²) in [6, 6.07) is 1.93. The number of aryl methyl sites for hydroxylation is 2. The molecule has 4 heteroatoms. The van der Waals surface area contributed by atoms with Gasteiger partial charge in [-0.3, -0.25) is 0 Å². The first-order valence-corrected chi connectivity index (χ1v) is 3.74. The minimum absolute atomic E-state index is 0.554. The second-order valence-corrected chi connectivity index (χ2v) is 2.84. The van der Waals surface area contributed by atoms with E-state index in [0.717, 1.165) is 16.6 Å². The van der Waals surface area contributed by atoms with Crippen molar-refractivity contribution in [2.24, 2.45) is 7.05 Å². The van der Waals surface area contributed by atoms with Crippen molar-refractivity contribution in [2.75, 3.05) is 5.73 Å². The summed E-state index contributed by atoms with van der Waals surface area (Å²) in [5.41, 5.74) is 7.66. The zero-order valence-corrected chi connectivity index (χ0v) is 7.07. The number of nitrogens with zero attached hydrogens (tertiary/aromatic N) is 3. The van der Waals surface area contributed by atoms with E-state index >= 15 is 0 Å². The molecule has 0 radical (unpaired) electrons. The van der Waals surface area contributed by atoms with Gasteiger partial charge in [0.25, 0.3) is 0 Å². The lowest BCUT2D eigenvalue weighted by atomic mass is 10.2. The van der Waals surface area contributed by atoms with Crippen molar-refractivity contribution >= 4 is 16.9 Å². The maximum Gasteiger partial charge on any atom is 0.159 e. The van der Waals surface area contributed by atoms with Gasteiger partial charge in [0, 0.05) is 13.2 Å². The first-order chi connectivity index (χ1) is 5.70. The minimum atomic E-state index is 0.554. The zero-order valence-electron chi connectivity index (χ0n) is 7.07. The smallest absolute Gasteiger partial charge is 0.159 e. The number of aromatic nitrogens is 3. The fraction of sp³-hybridized carbons (Fsp3) is 0.250. The van der Waals surface area contributed by atoms with Gasteiger partial charge >= 0.3 is 0 Å². The topological polar surface area (TPSA) is 56.7 Å². The molecule has 4 nitrogen and oxygen atoms in total. The standard InChI is InChI=1S/C8H10N4/c1-5-3-4-10-8-6(5)7(9)11-12(8)2/h3-4H,1-2H3,(H2,9,11). The Balaban J connectivity index is 2.99. The number of fused-ring (bicyclic) bond motifs is 1. The van der Waals surface area contributed by atoms with Crippen molar-refractivity contribution in [2.45, 2.75) is 6.92 Å². The van der Waals surface area contributed by atoms with E-state index in [-0.39, 0.29) is 0 Å². The Bertz CT molecular complexity index is 430. The van der Waals surface area contributed by atoms with Gasteiger partial charge in [0.1, 0.15) is 0 Å². The lowest BCUT2D eigenvalue weighted by Gasteiger charge is -1.94. The van der Waals surface area contributed by atoms with E-state index in [0.29, 0.717) is 5.82 Å². The first-order valence-electron chi connectivity index (χ1n) is 3.74. The SMILES string of the molecule is Cc1ccnc2c1c(N)nn2C. The number of hydrogen-bond acceptors (Lipinski definition) is 3. The second-order valence-electron chi connectivity index (χ2n) is 2.84. The molecule has 2 heterocycles. The molecule has 0 aromatic carbocycles. The highest BCUT2D eigenvalue weighted by Gasteiger charge is 2.07. The van der Waals surface area contributed by atoms with Crippen molar-refractivity contribution in [3.05, 3.63) is 17.8 Å². The van der Waals surface area contributed by atoms with Crippen LogP contribution < -0.4 is 5.73 Å². The Morgan fingerprint density at radius 2 is 2.25 bits per heavy atom. The Morgan fingerprint density at radius 1 is 1.50 bits per heavy atom. The molecule has 12 heavy (non-hydrogen) atoms. The number of nitrogens with two attached hydrogens (primary N) is 1. The summed E-state index contributed by atoms with van der Waals surface area (Å²) in [4.78, 5) is 4.18. The molecule has 0 atom stereocenters. The fourth-order valence-corrected chi connectivity index (χ4v) is 1.36. The molecule has 0 aliphatic carbocycles. The van der Waals surface area contributed by atoms with Crippen LogP contribution in [-0.2, 0) is 7.05 Å². The monoisotopic (exact) mass is 162 g/mol. The van der Waals surface area contributed by atoms with E-state index in [4.69, 9.17) is 5.73 Å². The number of anilines is 1. The van der Waals surface area contributed by atoms with Crippen molar-refractivity contribution in [1.82, 2.24) is 14.8 Å². The van der Waals surface area contributed by atoms with E-state index in [1.54, 1.807) is 10.9 Å². The number of pyridine rings is 1. The average Bonchev–Trinajstić information content (AvgIpc) is 2.29. The molecule has 0 aliphatic rings. The number of nitrogen functional groups attached to an aromatic ring is 1. The van der Waals surface area contributed by atoms with Crippen molar-refractivity contribution in [3.63, 3.8) is 0 Å². The summed E-state index contributed by atoms with van der Waals surface area (Å²) in [7, 11) is 1.84. The van der Waals surface area contributed by atoms with E-state index < -0.39 is 0 Å². The van der Waals surface area contributed by atoms with Crippen molar-refractivity contribution in [1.29, 1.82) is 0 Å². The maximum atomic E-state index is 5.71. The highest BCUT2D eigenvalue weighted by Crippen LogP contribution is 2.20. The highest BCUT2D eigenvalue weighted by molar-refractivity contribution is 5.89. The molecule has 0 amide bonds. The van der Waals surface area contributed by atoms with Gasteiger partial charge in [-0.15, -0.1) is 0 Å². The minimum Gasteiger partial charge on any atom is -0.382 e. The molecular formula is C8H10N4. The van der Waals surface area contributed by atoms with Crippen molar-refractivity contribution < 1.29 is 0 Å².